The maximum atomic E-state index is 13.3. The van der Waals surface area contributed by atoms with E-state index in [0.717, 1.165) is 16.7 Å². The second-order valence-electron chi connectivity index (χ2n) is 8.36. The highest BCUT2D eigenvalue weighted by atomic mass is 16.5. The van der Waals surface area contributed by atoms with E-state index in [1.165, 1.54) is 4.90 Å². The van der Waals surface area contributed by atoms with Crippen LogP contribution in [0.3, 0.4) is 0 Å². The highest BCUT2D eigenvalue weighted by Gasteiger charge is 2.45. The molecular formula is C26H26N2O5. The molecule has 2 heterocycles. The van der Waals surface area contributed by atoms with Gasteiger partial charge in [0, 0.05) is 30.3 Å². The summed E-state index contributed by atoms with van der Waals surface area (Å²) in [7, 11) is 1.59. The van der Waals surface area contributed by atoms with Crippen LogP contribution in [0.1, 0.15) is 36.8 Å². The molecule has 1 aliphatic rings. The van der Waals surface area contributed by atoms with E-state index in [-0.39, 0.29) is 17.3 Å². The molecule has 1 unspecified atom stereocenters. The molecule has 3 aromatic rings. The summed E-state index contributed by atoms with van der Waals surface area (Å²) in [5.74, 6) is -1.08. The van der Waals surface area contributed by atoms with E-state index < -0.39 is 17.7 Å². The molecule has 0 saturated heterocycles. The molecule has 0 spiro atoms. The number of Topliss-reactive ketones (excluding diaryl/α,β-unsaturated/α-hetero) is 1. The number of carbonyl (C=O) groups excluding carboxylic acids is 2. The maximum absolute atomic E-state index is 13.3. The predicted octanol–water partition coefficient (Wildman–Crippen LogP) is 4.92. The summed E-state index contributed by atoms with van der Waals surface area (Å²) in [5, 5.41) is 14.8. The molecule has 1 N–H and O–H groups in total. The predicted molar refractivity (Wildman–Crippen MR) is 124 cm³/mol. The molecule has 0 fully saturated rings. The number of hydrogen-bond acceptors (Lipinski definition) is 6. The molecule has 1 atom stereocenters. The molecule has 33 heavy (non-hydrogen) atoms. The average Bonchev–Trinajstić information content (AvgIpc) is 3.35. The van der Waals surface area contributed by atoms with Crippen molar-refractivity contribution in [3.63, 3.8) is 0 Å². The van der Waals surface area contributed by atoms with E-state index in [9.17, 15) is 14.7 Å². The van der Waals surface area contributed by atoms with E-state index >= 15 is 0 Å². The Hall–Kier alpha value is -3.71. The van der Waals surface area contributed by atoms with Gasteiger partial charge in [-0.1, -0.05) is 55.4 Å². The molecule has 1 aliphatic heterocycles. The number of amides is 1. The van der Waals surface area contributed by atoms with Gasteiger partial charge in [0.05, 0.1) is 18.2 Å². The second-order valence-corrected chi connectivity index (χ2v) is 8.36. The number of aliphatic hydroxyl groups excluding tert-OH is 1. The van der Waals surface area contributed by atoms with Crippen LogP contribution >= 0.6 is 0 Å². The SMILES string of the molecule is COCc1ccccc1C1C(C(=O)C(C)C)=C(O)C(=O)N1c1ccc(-c2cc(C)on2)cc1. The summed E-state index contributed by atoms with van der Waals surface area (Å²) in [5.41, 5.74) is 3.74. The Bertz CT molecular complexity index is 1220. The van der Waals surface area contributed by atoms with Crippen LogP contribution in [0.4, 0.5) is 5.69 Å². The van der Waals surface area contributed by atoms with Gasteiger partial charge in [-0.2, -0.15) is 0 Å². The van der Waals surface area contributed by atoms with E-state index in [1.807, 2.05) is 49.4 Å². The first kappa shape index (κ1) is 22.5. The van der Waals surface area contributed by atoms with Crippen LogP contribution < -0.4 is 4.90 Å². The highest BCUT2D eigenvalue weighted by molar-refractivity contribution is 6.17. The van der Waals surface area contributed by atoms with Crippen LogP contribution in [0.2, 0.25) is 0 Å². The standard InChI is InChI=1S/C26H26N2O5/c1-15(2)24(29)22-23(20-8-6-5-7-18(20)14-32-4)28(26(31)25(22)30)19-11-9-17(10-12-19)21-13-16(3)33-27-21/h5-13,15,23,30H,14H2,1-4H3. The first-order valence-electron chi connectivity index (χ1n) is 10.7. The van der Waals surface area contributed by atoms with E-state index in [1.54, 1.807) is 33.1 Å². The van der Waals surface area contributed by atoms with E-state index in [0.29, 0.717) is 23.7 Å². The van der Waals surface area contributed by atoms with Gasteiger partial charge in [0.1, 0.15) is 11.5 Å². The van der Waals surface area contributed by atoms with Gasteiger partial charge < -0.3 is 14.4 Å². The molecular weight excluding hydrogens is 420 g/mol. The fourth-order valence-electron chi connectivity index (χ4n) is 4.11. The van der Waals surface area contributed by atoms with Gasteiger partial charge in [-0.15, -0.1) is 0 Å². The number of nitrogens with zero attached hydrogens (tertiary/aromatic N) is 2. The first-order chi connectivity index (χ1) is 15.8. The molecule has 1 amide bonds. The summed E-state index contributed by atoms with van der Waals surface area (Å²) in [6.45, 7) is 5.63. The maximum Gasteiger partial charge on any atom is 0.294 e. The zero-order chi connectivity index (χ0) is 23.7. The number of benzene rings is 2. The number of rotatable bonds is 7. The van der Waals surface area contributed by atoms with Crippen molar-refractivity contribution in [3.05, 3.63) is 82.8 Å². The number of hydrogen-bond donors (Lipinski definition) is 1. The van der Waals surface area contributed by atoms with Gasteiger partial charge in [-0.25, -0.2) is 0 Å². The van der Waals surface area contributed by atoms with Crippen molar-refractivity contribution >= 4 is 17.4 Å². The summed E-state index contributed by atoms with van der Waals surface area (Å²) in [6, 6.07) is 15.8. The smallest absolute Gasteiger partial charge is 0.294 e. The molecule has 0 radical (unpaired) electrons. The van der Waals surface area contributed by atoms with Crippen LogP contribution in [0.25, 0.3) is 11.3 Å². The molecule has 7 heteroatoms. The number of ether oxygens (including phenoxy) is 1. The topological polar surface area (TPSA) is 92.9 Å². The third-order valence-corrected chi connectivity index (χ3v) is 5.72. The van der Waals surface area contributed by atoms with Crippen molar-refractivity contribution in [2.24, 2.45) is 5.92 Å². The average molecular weight is 447 g/mol. The molecule has 2 aromatic carbocycles. The van der Waals surface area contributed by atoms with Crippen molar-refractivity contribution in [1.29, 1.82) is 0 Å². The largest absolute Gasteiger partial charge is 0.503 e. The number of anilines is 1. The molecule has 0 bridgehead atoms. The monoisotopic (exact) mass is 446 g/mol. The van der Waals surface area contributed by atoms with Crippen molar-refractivity contribution in [3.8, 4) is 11.3 Å². The number of ketones is 1. The van der Waals surface area contributed by atoms with Crippen molar-refractivity contribution in [2.75, 3.05) is 12.0 Å². The zero-order valence-electron chi connectivity index (χ0n) is 19.0. The van der Waals surface area contributed by atoms with Crippen LogP contribution in [-0.4, -0.2) is 29.1 Å². The Labute approximate surface area is 192 Å². The fraction of sp³-hybridized carbons (Fsp3) is 0.269. The third-order valence-electron chi connectivity index (χ3n) is 5.72. The fourth-order valence-corrected chi connectivity index (χ4v) is 4.11. The van der Waals surface area contributed by atoms with Gasteiger partial charge in [0.2, 0.25) is 0 Å². The lowest BCUT2D eigenvalue weighted by molar-refractivity contribution is -0.119. The van der Waals surface area contributed by atoms with Gasteiger partial charge in [0.15, 0.2) is 11.5 Å². The number of aryl methyl sites for hydroxylation is 1. The van der Waals surface area contributed by atoms with E-state index in [4.69, 9.17) is 9.26 Å². The van der Waals surface area contributed by atoms with Crippen LogP contribution in [0.15, 0.2) is 70.5 Å². The van der Waals surface area contributed by atoms with Crippen molar-refractivity contribution in [2.45, 2.75) is 33.4 Å². The molecule has 0 saturated carbocycles. The van der Waals surface area contributed by atoms with Gasteiger partial charge >= 0.3 is 0 Å². The minimum Gasteiger partial charge on any atom is -0.503 e. The Balaban J connectivity index is 1.83. The molecule has 4 rings (SSSR count). The number of aliphatic hydroxyl groups is 1. The molecule has 1 aromatic heterocycles. The number of aromatic nitrogens is 1. The Morgan fingerprint density at radius 1 is 1.18 bits per heavy atom. The Morgan fingerprint density at radius 3 is 2.48 bits per heavy atom. The van der Waals surface area contributed by atoms with Crippen molar-refractivity contribution in [1.82, 2.24) is 5.16 Å². The lowest BCUT2D eigenvalue weighted by Crippen LogP contribution is -2.32. The zero-order valence-corrected chi connectivity index (χ0v) is 19.0. The summed E-state index contributed by atoms with van der Waals surface area (Å²) < 4.78 is 10.5. The van der Waals surface area contributed by atoms with Gasteiger partial charge in [-0.3, -0.25) is 14.5 Å². The lowest BCUT2D eigenvalue weighted by Gasteiger charge is -2.29. The molecule has 170 valence electrons. The Morgan fingerprint density at radius 2 is 1.88 bits per heavy atom. The molecule has 7 nitrogen and oxygen atoms in total. The third kappa shape index (κ3) is 4.07. The first-order valence-corrected chi connectivity index (χ1v) is 10.7. The lowest BCUT2D eigenvalue weighted by atomic mass is 9.89. The minimum atomic E-state index is -0.765. The summed E-state index contributed by atoms with van der Waals surface area (Å²) in [6.07, 6.45) is 0. The number of carbonyl (C=O) groups is 2. The van der Waals surface area contributed by atoms with Crippen LogP contribution in [0, 0.1) is 12.8 Å². The molecule has 0 aliphatic carbocycles. The van der Waals surface area contributed by atoms with E-state index in [2.05, 4.69) is 5.16 Å². The highest BCUT2D eigenvalue weighted by Crippen LogP contribution is 2.43. The summed E-state index contributed by atoms with van der Waals surface area (Å²) in [4.78, 5) is 27.9. The van der Waals surface area contributed by atoms with Crippen LogP contribution in [-0.2, 0) is 20.9 Å². The summed E-state index contributed by atoms with van der Waals surface area (Å²) >= 11 is 0. The van der Waals surface area contributed by atoms with Crippen molar-refractivity contribution < 1.29 is 24.0 Å². The normalized spacial score (nSPS) is 16.2. The van der Waals surface area contributed by atoms with Crippen LogP contribution in [0.5, 0.6) is 0 Å². The van der Waals surface area contributed by atoms with Gasteiger partial charge in [0.25, 0.3) is 5.91 Å². The minimum absolute atomic E-state index is 0.106. The van der Waals surface area contributed by atoms with Gasteiger partial charge in [-0.05, 0) is 30.2 Å². The second kappa shape index (κ2) is 9.03. The quantitative estimate of drug-likeness (QED) is 0.554. The number of methoxy groups -OCH3 is 1. The Kier molecular flexibility index (Phi) is 6.16.